The molecule has 0 fully saturated rings. The van der Waals surface area contributed by atoms with E-state index in [9.17, 15) is 4.79 Å². The van der Waals surface area contributed by atoms with Crippen molar-refractivity contribution in [3.05, 3.63) is 22.7 Å². The van der Waals surface area contributed by atoms with E-state index in [1.807, 2.05) is 6.92 Å². The molecule has 118 valence electrons. The monoisotopic (exact) mass is 315 g/mol. The number of hydrogen-bond donors (Lipinski definition) is 1. The van der Waals surface area contributed by atoms with Crippen molar-refractivity contribution in [2.24, 2.45) is 5.73 Å². The van der Waals surface area contributed by atoms with Crippen molar-refractivity contribution < 1.29 is 19.0 Å². The zero-order valence-corrected chi connectivity index (χ0v) is 13.2. The minimum atomic E-state index is -0.404. The summed E-state index contributed by atoms with van der Waals surface area (Å²) in [6.45, 7) is 2.72. The van der Waals surface area contributed by atoms with Crippen molar-refractivity contribution in [2.45, 2.75) is 26.2 Å². The Morgan fingerprint density at radius 3 is 2.76 bits per heavy atom. The number of hydrogen-bond acceptors (Lipinski definition) is 5. The topological polar surface area (TPSA) is 70.8 Å². The van der Waals surface area contributed by atoms with E-state index in [1.54, 1.807) is 12.1 Å². The van der Waals surface area contributed by atoms with Gasteiger partial charge >= 0.3 is 5.97 Å². The molecule has 0 saturated heterocycles. The number of benzene rings is 1. The van der Waals surface area contributed by atoms with Crippen LogP contribution in [0.3, 0.4) is 0 Å². The first-order valence-electron chi connectivity index (χ1n) is 6.97. The highest BCUT2D eigenvalue weighted by Gasteiger charge is 2.14. The molecule has 0 saturated carbocycles. The average molecular weight is 316 g/mol. The number of nitrogens with two attached hydrogens (primary N) is 1. The maximum absolute atomic E-state index is 11.6. The summed E-state index contributed by atoms with van der Waals surface area (Å²) in [5, 5.41) is 0.535. The van der Waals surface area contributed by atoms with Crippen molar-refractivity contribution in [3.8, 4) is 11.5 Å². The van der Waals surface area contributed by atoms with Crippen LogP contribution < -0.4 is 15.2 Å². The smallest absolute Gasteiger partial charge is 0.344 e. The minimum absolute atomic E-state index is 0.167. The van der Waals surface area contributed by atoms with E-state index in [4.69, 9.17) is 31.5 Å². The second kappa shape index (κ2) is 9.47. The molecule has 21 heavy (non-hydrogen) atoms. The number of esters is 1. The number of methoxy groups -OCH3 is 1. The van der Waals surface area contributed by atoms with Gasteiger partial charge in [-0.15, -0.1) is 0 Å². The molecule has 5 nitrogen and oxygen atoms in total. The molecule has 0 aliphatic heterocycles. The third-order valence-corrected chi connectivity index (χ3v) is 3.04. The third kappa shape index (κ3) is 5.81. The summed E-state index contributed by atoms with van der Waals surface area (Å²) in [4.78, 5) is 11.6. The molecule has 0 radical (unpaired) electrons. The Kier molecular flexibility index (Phi) is 7.93. The van der Waals surface area contributed by atoms with E-state index in [0.29, 0.717) is 36.1 Å². The molecule has 0 unspecified atom stereocenters. The number of carbonyl (C=O) groups is 1. The summed E-state index contributed by atoms with van der Waals surface area (Å²) in [5.74, 6) is 0.561. The van der Waals surface area contributed by atoms with Gasteiger partial charge in [0.2, 0.25) is 0 Å². The van der Waals surface area contributed by atoms with Crippen LogP contribution in [-0.2, 0) is 16.0 Å². The lowest BCUT2D eigenvalue weighted by Crippen LogP contribution is -2.17. The fraction of sp³-hybridized carbons (Fsp3) is 0.533. The van der Waals surface area contributed by atoms with Gasteiger partial charge in [0.1, 0.15) is 0 Å². The molecule has 1 rings (SSSR count). The highest BCUT2D eigenvalue weighted by molar-refractivity contribution is 6.30. The normalized spacial score (nSPS) is 10.3. The molecular formula is C15H22ClNO4. The van der Waals surface area contributed by atoms with E-state index < -0.39 is 5.97 Å². The van der Waals surface area contributed by atoms with Crippen LogP contribution in [0.2, 0.25) is 5.02 Å². The number of carbonyl (C=O) groups excluding carboxylic acids is 1. The molecule has 0 atom stereocenters. The minimum Gasteiger partial charge on any atom is -0.493 e. The Morgan fingerprint density at radius 1 is 1.38 bits per heavy atom. The summed E-state index contributed by atoms with van der Waals surface area (Å²) < 4.78 is 15.8. The first-order valence-corrected chi connectivity index (χ1v) is 7.35. The summed E-state index contributed by atoms with van der Waals surface area (Å²) in [6.07, 6.45) is 2.39. The Hall–Kier alpha value is -1.46. The van der Waals surface area contributed by atoms with Crippen molar-refractivity contribution in [1.29, 1.82) is 0 Å². The van der Waals surface area contributed by atoms with Crippen LogP contribution in [0, 0.1) is 0 Å². The van der Waals surface area contributed by atoms with Crippen molar-refractivity contribution in [2.75, 3.05) is 26.9 Å². The molecule has 1 aromatic carbocycles. The highest BCUT2D eigenvalue weighted by atomic mass is 35.5. The SMILES string of the molecule is CCCCOC(=O)COc1c(CCN)cc(Cl)cc1OC. The zero-order chi connectivity index (χ0) is 15.7. The second-order valence-electron chi connectivity index (χ2n) is 4.50. The standard InChI is InChI=1S/C15H22ClNO4/c1-3-4-7-20-14(18)10-21-15-11(5-6-17)8-12(16)9-13(15)19-2/h8-9H,3-7,10,17H2,1-2H3. The zero-order valence-electron chi connectivity index (χ0n) is 12.5. The summed E-state index contributed by atoms with van der Waals surface area (Å²) in [7, 11) is 1.52. The van der Waals surface area contributed by atoms with Gasteiger partial charge in [0.15, 0.2) is 18.1 Å². The Balaban J connectivity index is 2.74. The van der Waals surface area contributed by atoms with Gasteiger partial charge < -0.3 is 19.9 Å². The van der Waals surface area contributed by atoms with Gasteiger partial charge in [-0.1, -0.05) is 24.9 Å². The Bertz CT molecular complexity index is 465. The predicted octanol–water partition coefficient (Wildman–Crippen LogP) is 2.57. The van der Waals surface area contributed by atoms with Gasteiger partial charge in [0, 0.05) is 16.7 Å². The van der Waals surface area contributed by atoms with Gasteiger partial charge in [0.25, 0.3) is 0 Å². The number of halogens is 1. The van der Waals surface area contributed by atoms with Crippen molar-refractivity contribution in [3.63, 3.8) is 0 Å². The Labute approximate surface area is 130 Å². The largest absolute Gasteiger partial charge is 0.493 e. The molecule has 2 N–H and O–H groups in total. The van der Waals surface area contributed by atoms with E-state index >= 15 is 0 Å². The molecule has 0 aromatic heterocycles. The van der Waals surface area contributed by atoms with Gasteiger partial charge in [-0.25, -0.2) is 4.79 Å². The molecule has 0 aliphatic carbocycles. The Morgan fingerprint density at radius 2 is 2.14 bits per heavy atom. The first kappa shape index (κ1) is 17.6. The summed E-state index contributed by atoms with van der Waals surface area (Å²) in [5.41, 5.74) is 6.39. The van der Waals surface area contributed by atoms with E-state index in [2.05, 4.69) is 0 Å². The highest BCUT2D eigenvalue weighted by Crippen LogP contribution is 2.35. The molecule has 1 aromatic rings. The van der Waals surface area contributed by atoms with Crippen molar-refractivity contribution in [1.82, 2.24) is 0 Å². The fourth-order valence-electron chi connectivity index (χ4n) is 1.78. The maximum Gasteiger partial charge on any atom is 0.344 e. The van der Waals surface area contributed by atoms with Crippen LogP contribution in [0.1, 0.15) is 25.3 Å². The first-order chi connectivity index (χ1) is 10.1. The van der Waals surface area contributed by atoms with Gasteiger partial charge in [0.05, 0.1) is 13.7 Å². The number of rotatable bonds is 9. The molecule has 0 aliphatic rings. The van der Waals surface area contributed by atoms with Gasteiger partial charge in [-0.3, -0.25) is 0 Å². The van der Waals surface area contributed by atoms with Crippen LogP contribution in [0.5, 0.6) is 11.5 Å². The van der Waals surface area contributed by atoms with E-state index in [1.165, 1.54) is 7.11 Å². The van der Waals surface area contributed by atoms with Crippen molar-refractivity contribution >= 4 is 17.6 Å². The van der Waals surface area contributed by atoms with Crippen LogP contribution in [-0.4, -0.2) is 32.8 Å². The summed E-state index contributed by atoms with van der Waals surface area (Å²) in [6, 6.07) is 3.40. The molecule has 6 heteroatoms. The van der Waals surface area contributed by atoms with Crippen LogP contribution in [0.4, 0.5) is 0 Å². The van der Waals surface area contributed by atoms with E-state index in [0.717, 1.165) is 18.4 Å². The molecular weight excluding hydrogens is 294 g/mol. The lowest BCUT2D eigenvalue weighted by Gasteiger charge is -2.15. The number of unbranched alkanes of at least 4 members (excludes halogenated alkanes) is 1. The van der Waals surface area contributed by atoms with Crippen LogP contribution in [0.25, 0.3) is 0 Å². The lowest BCUT2D eigenvalue weighted by molar-refractivity contribution is -0.146. The second-order valence-corrected chi connectivity index (χ2v) is 4.93. The predicted molar refractivity (Wildman–Crippen MR) is 82.1 cm³/mol. The van der Waals surface area contributed by atoms with Crippen LogP contribution >= 0.6 is 11.6 Å². The molecule has 0 heterocycles. The average Bonchev–Trinajstić information content (AvgIpc) is 2.46. The van der Waals surface area contributed by atoms with Gasteiger partial charge in [-0.05, 0) is 25.5 Å². The summed E-state index contributed by atoms with van der Waals surface area (Å²) >= 11 is 6.02. The maximum atomic E-state index is 11.6. The van der Waals surface area contributed by atoms with Crippen LogP contribution in [0.15, 0.2) is 12.1 Å². The third-order valence-electron chi connectivity index (χ3n) is 2.83. The molecule has 0 spiro atoms. The fourth-order valence-corrected chi connectivity index (χ4v) is 2.01. The quantitative estimate of drug-likeness (QED) is 0.560. The molecule has 0 amide bonds. The van der Waals surface area contributed by atoms with Gasteiger partial charge in [-0.2, -0.15) is 0 Å². The molecule has 0 bridgehead atoms. The number of ether oxygens (including phenoxy) is 3. The van der Waals surface area contributed by atoms with E-state index in [-0.39, 0.29) is 6.61 Å². The lowest BCUT2D eigenvalue weighted by atomic mass is 10.1.